The summed E-state index contributed by atoms with van der Waals surface area (Å²) in [6.07, 6.45) is 0.115. The second kappa shape index (κ2) is 7.77. The van der Waals surface area contributed by atoms with Crippen molar-refractivity contribution in [2.75, 3.05) is 26.1 Å². The monoisotopic (exact) mass is 376 g/mol. The normalized spacial score (nSPS) is 16.9. The van der Waals surface area contributed by atoms with E-state index in [0.29, 0.717) is 6.54 Å². The molecule has 1 aliphatic heterocycles. The van der Waals surface area contributed by atoms with E-state index in [4.69, 9.17) is 0 Å². The first-order valence-electron chi connectivity index (χ1n) is 8.50. The zero-order valence-corrected chi connectivity index (χ0v) is 16.1. The zero-order chi connectivity index (χ0) is 20.4. The molecule has 0 aliphatic carbocycles. The number of amides is 2. The molecule has 1 aliphatic rings. The summed E-state index contributed by atoms with van der Waals surface area (Å²) < 4.78 is 9.35. The Morgan fingerprint density at radius 2 is 1.56 bits per heavy atom. The van der Waals surface area contributed by atoms with Crippen LogP contribution in [-0.2, 0) is 19.1 Å². The maximum Gasteiger partial charge on any atom is 0.337 e. The maximum atomic E-state index is 12.6. The smallest absolute Gasteiger partial charge is 0.337 e. The zero-order valence-electron chi connectivity index (χ0n) is 16.1. The van der Waals surface area contributed by atoms with Crippen LogP contribution in [0.25, 0.3) is 0 Å². The van der Waals surface area contributed by atoms with Gasteiger partial charge < -0.3 is 19.7 Å². The Balaban J connectivity index is 2.23. The first kappa shape index (κ1) is 20.4. The number of nitrogens with zero attached hydrogens (tertiary/aromatic N) is 1. The number of ether oxygens (including phenoxy) is 2. The lowest BCUT2D eigenvalue weighted by Gasteiger charge is -2.31. The van der Waals surface area contributed by atoms with Gasteiger partial charge in [-0.25, -0.2) is 9.59 Å². The van der Waals surface area contributed by atoms with E-state index in [1.165, 1.54) is 32.4 Å². The van der Waals surface area contributed by atoms with Gasteiger partial charge in [0.25, 0.3) is 0 Å². The maximum absolute atomic E-state index is 12.6. The highest BCUT2D eigenvalue weighted by atomic mass is 16.5. The molecule has 2 amide bonds. The van der Waals surface area contributed by atoms with Gasteiger partial charge in [0.15, 0.2) is 0 Å². The Labute approximate surface area is 157 Å². The van der Waals surface area contributed by atoms with E-state index in [9.17, 15) is 19.2 Å². The Bertz CT molecular complexity index is 747. The molecule has 0 spiro atoms. The van der Waals surface area contributed by atoms with Gasteiger partial charge in [0, 0.05) is 24.2 Å². The molecule has 0 aromatic heterocycles. The summed E-state index contributed by atoms with van der Waals surface area (Å²) in [6.45, 7) is 6.05. The molecule has 2 rings (SSSR count). The number of methoxy groups -OCH3 is 2. The minimum Gasteiger partial charge on any atom is -0.465 e. The second-order valence-electron chi connectivity index (χ2n) is 7.35. The lowest BCUT2D eigenvalue weighted by molar-refractivity contribution is -0.131. The molecule has 8 heteroatoms. The Hall–Kier alpha value is -2.90. The van der Waals surface area contributed by atoms with Gasteiger partial charge in [-0.1, -0.05) is 0 Å². The average molecular weight is 376 g/mol. The van der Waals surface area contributed by atoms with Gasteiger partial charge in [-0.15, -0.1) is 0 Å². The van der Waals surface area contributed by atoms with Crippen molar-refractivity contribution in [3.8, 4) is 0 Å². The third-order valence-electron chi connectivity index (χ3n) is 4.35. The molecule has 8 nitrogen and oxygen atoms in total. The molecule has 1 heterocycles. The van der Waals surface area contributed by atoms with E-state index in [1.54, 1.807) is 4.90 Å². The third-order valence-corrected chi connectivity index (χ3v) is 4.35. The van der Waals surface area contributed by atoms with Gasteiger partial charge in [0.1, 0.15) is 0 Å². The van der Waals surface area contributed by atoms with E-state index in [-0.39, 0.29) is 40.6 Å². The highest BCUT2D eigenvalue weighted by Gasteiger charge is 2.39. The lowest BCUT2D eigenvalue weighted by atomic mass is 10.1. The van der Waals surface area contributed by atoms with Crippen LogP contribution >= 0.6 is 0 Å². The fourth-order valence-corrected chi connectivity index (χ4v) is 2.95. The van der Waals surface area contributed by atoms with Crippen LogP contribution in [0.3, 0.4) is 0 Å². The highest BCUT2D eigenvalue weighted by Crippen LogP contribution is 2.27. The van der Waals surface area contributed by atoms with Crippen molar-refractivity contribution in [2.24, 2.45) is 5.92 Å². The molecule has 1 aromatic carbocycles. The molecular formula is C19H24N2O6. The summed E-state index contributed by atoms with van der Waals surface area (Å²) in [5, 5.41) is 2.68. The standard InChI is InChI=1S/C19H24N2O6/c1-19(2,3)21-10-13(9-15(21)22)16(23)20-14-7-11(17(24)26-4)6-12(8-14)18(25)27-5/h6-8,13H,9-10H2,1-5H3,(H,20,23)/t13-/m1/s1. The SMILES string of the molecule is COC(=O)c1cc(NC(=O)[C@@H]2CC(=O)N(C(C)(C)C)C2)cc(C(=O)OC)c1. The molecule has 146 valence electrons. The number of benzene rings is 1. The van der Waals surface area contributed by atoms with Crippen LogP contribution in [-0.4, -0.2) is 55.0 Å². The summed E-state index contributed by atoms with van der Waals surface area (Å²) in [4.78, 5) is 50.1. The van der Waals surface area contributed by atoms with Crippen LogP contribution in [0.5, 0.6) is 0 Å². The van der Waals surface area contributed by atoms with Crippen molar-refractivity contribution in [3.63, 3.8) is 0 Å². The number of hydrogen-bond donors (Lipinski definition) is 1. The van der Waals surface area contributed by atoms with Crippen LogP contribution in [0.4, 0.5) is 5.69 Å². The largest absolute Gasteiger partial charge is 0.465 e. The molecule has 1 N–H and O–H groups in total. The van der Waals surface area contributed by atoms with E-state index < -0.39 is 17.9 Å². The van der Waals surface area contributed by atoms with Crippen molar-refractivity contribution in [2.45, 2.75) is 32.7 Å². The van der Waals surface area contributed by atoms with Crippen molar-refractivity contribution >= 4 is 29.4 Å². The number of carbonyl (C=O) groups is 4. The van der Waals surface area contributed by atoms with Crippen LogP contribution < -0.4 is 5.32 Å². The topological polar surface area (TPSA) is 102 Å². The van der Waals surface area contributed by atoms with Crippen LogP contribution in [0, 0.1) is 5.92 Å². The quantitative estimate of drug-likeness (QED) is 0.805. The summed E-state index contributed by atoms with van der Waals surface area (Å²) in [5.74, 6) is -2.24. The van der Waals surface area contributed by atoms with Gasteiger partial charge >= 0.3 is 11.9 Å². The molecule has 27 heavy (non-hydrogen) atoms. The molecule has 1 aromatic rings. The van der Waals surface area contributed by atoms with Crippen LogP contribution in [0.15, 0.2) is 18.2 Å². The van der Waals surface area contributed by atoms with Gasteiger partial charge in [0.05, 0.1) is 31.3 Å². The van der Waals surface area contributed by atoms with E-state index in [2.05, 4.69) is 14.8 Å². The predicted molar refractivity (Wildman–Crippen MR) is 97.3 cm³/mol. The summed E-state index contributed by atoms with van der Waals surface area (Å²) in [5.41, 5.74) is 0.101. The minimum atomic E-state index is -0.647. The summed E-state index contributed by atoms with van der Waals surface area (Å²) >= 11 is 0. The highest BCUT2D eigenvalue weighted by molar-refractivity contribution is 6.01. The second-order valence-corrected chi connectivity index (χ2v) is 7.35. The van der Waals surface area contributed by atoms with Crippen molar-refractivity contribution in [1.29, 1.82) is 0 Å². The van der Waals surface area contributed by atoms with E-state index in [1.807, 2.05) is 20.8 Å². The molecule has 0 saturated carbocycles. The van der Waals surface area contributed by atoms with E-state index in [0.717, 1.165) is 0 Å². The molecule has 1 fully saturated rings. The predicted octanol–water partition coefficient (Wildman–Crippen LogP) is 1.85. The average Bonchev–Trinajstić information content (AvgIpc) is 3.02. The molecule has 0 radical (unpaired) electrons. The molecule has 1 saturated heterocycles. The fraction of sp³-hybridized carbons (Fsp3) is 0.474. The molecular weight excluding hydrogens is 352 g/mol. The van der Waals surface area contributed by atoms with Gasteiger partial charge in [-0.2, -0.15) is 0 Å². The first-order chi connectivity index (χ1) is 12.6. The number of carbonyl (C=O) groups excluding carboxylic acids is 4. The number of anilines is 1. The molecule has 1 atom stereocenters. The third kappa shape index (κ3) is 4.64. The molecule has 0 unspecified atom stereocenters. The van der Waals surface area contributed by atoms with Crippen LogP contribution in [0.2, 0.25) is 0 Å². The Morgan fingerprint density at radius 1 is 1.04 bits per heavy atom. The Morgan fingerprint density at radius 3 is 1.96 bits per heavy atom. The summed E-state index contributed by atoms with van der Waals surface area (Å²) in [7, 11) is 2.44. The van der Waals surface area contributed by atoms with Crippen LogP contribution in [0.1, 0.15) is 47.9 Å². The number of nitrogens with one attached hydrogen (secondary N) is 1. The van der Waals surface area contributed by atoms with Crippen molar-refractivity contribution in [1.82, 2.24) is 4.90 Å². The first-order valence-corrected chi connectivity index (χ1v) is 8.50. The molecule has 0 bridgehead atoms. The Kier molecular flexibility index (Phi) is 5.88. The van der Waals surface area contributed by atoms with E-state index >= 15 is 0 Å². The van der Waals surface area contributed by atoms with Crippen molar-refractivity contribution < 1.29 is 28.7 Å². The van der Waals surface area contributed by atoms with Gasteiger partial charge in [-0.05, 0) is 39.0 Å². The number of rotatable bonds is 4. The number of likely N-dealkylation sites (tertiary alicyclic amines) is 1. The van der Waals surface area contributed by atoms with Gasteiger partial charge in [-0.3, -0.25) is 9.59 Å². The minimum absolute atomic E-state index is 0.0822. The summed E-state index contributed by atoms with van der Waals surface area (Å²) in [6, 6.07) is 4.15. The number of hydrogen-bond acceptors (Lipinski definition) is 6. The van der Waals surface area contributed by atoms with Gasteiger partial charge in [0.2, 0.25) is 11.8 Å². The lowest BCUT2D eigenvalue weighted by Crippen LogP contribution is -2.42. The van der Waals surface area contributed by atoms with Crippen molar-refractivity contribution in [3.05, 3.63) is 29.3 Å². The fourth-order valence-electron chi connectivity index (χ4n) is 2.95. The number of esters is 2.